The van der Waals surface area contributed by atoms with E-state index in [4.69, 9.17) is 0 Å². The number of rotatable bonds is 3. The molecule has 0 aliphatic heterocycles. The predicted octanol–water partition coefficient (Wildman–Crippen LogP) is 3.14. The first-order chi connectivity index (χ1) is 3.27. The number of halogens is 2. The molecule has 0 aliphatic carbocycles. The summed E-state index contributed by atoms with van der Waals surface area (Å²) in [7, 11) is 0. The highest BCUT2D eigenvalue weighted by Gasteiger charge is 1.99. The van der Waals surface area contributed by atoms with Crippen molar-refractivity contribution in [2.75, 3.05) is 0 Å². The first kappa shape index (κ1) is 8.52. The molecule has 0 N–H and O–H groups in total. The Morgan fingerprint density at radius 1 is 1.43 bits per heavy atom. The molecule has 0 rings (SSSR count). The molecule has 7 heavy (non-hydrogen) atoms. The van der Waals surface area contributed by atoms with Gasteiger partial charge < -0.3 is 0 Å². The van der Waals surface area contributed by atoms with Crippen LogP contribution in [0.2, 0.25) is 6.32 Å². The van der Waals surface area contributed by atoms with Gasteiger partial charge in [0.15, 0.2) is 0 Å². The normalized spacial score (nSPS) is 9.00. The number of unbranched alkanes of at least 4 members (excludes halogenated alkanes) is 1. The fraction of sp³-hybridized carbons (Fsp3) is 1.00. The van der Waals surface area contributed by atoms with Crippen molar-refractivity contribution in [1.29, 1.82) is 0 Å². The van der Waals surface area contributed by atoms with Gasteiger partial charge in [-0.1, -0.05) is 26.1 Å². The lowest BCUT2D eigenvalue weighted by Gasteiger charge is -1.91. The summed E-state index contributed by atoms with van der Waals surface area (Å²) < 4.78 is 0.843. The van der Waals surface area contributed by atoms with Gasteiger partial charge >= 0.3 is 0 Å². The minimum absolute atomic E-state index is 0.843. The average molecular weight is 322 g/mol. The van der Waals surface area contributed by atoms with Gasteiger partial charge in [-0.05, 0) is 0 Å². The Labute approximate surface area is 72.6 Å². The minimum atomic E-state index is 0.843. The van der Waals surface area contributed by atoms with E-state index in [-0.39, 0.29) is 0 Å². The lowest BCUT2D eigenvalue weighted by atomic mass is 10.0. The summed E-state index contributed by atoms with van der Waals surface area (Å²) in [6.07, 6.45) is 4.09. The monoisotopic (exact) mass is 322 g/mol. The SMILES string of the molecule is CCCCB(I)I. The third-order valence-electron chi connectivity index (χ3n) is 0.776. The molecule has 0 atom stereocenters. The zero-order valence-electron chi connectivity index (χ0n) is 4.45. The van der Waals surface area contributed by atoms with Crippen LogP contribution in [-0.4, -0.2) is 2.43 Å². The molecular formula is C4H9BI2. The van der Waals surface area contributed by atoms with Gasteiger partial charge in [-0.2, -0.15) is 0 Å². The maximum Gasteiger partial charge on any atom is 0.289 e. The van der Waals surface area contributed by atoms with E-state index in [0.29, 0.717) is 0 Å². The van der Waals surface area contributed by atoms with Crippen LogP contribution in [0.4, 0.5) is 0 Å². The minimum Gasteiger partial charge on any atom is -0.134 e. The first-order valence-corrected chi connectivity index (χ1v) is 5.04. The van der Waals surface area contributed by atoms with E-state index in [1.807, 2.05) is 0 Å². The van der Waals surface area contributed by atoms with Crippen LogP contribution in [0.15, 0.2) is 0 Å². The molecule has 0 aliphatic rings. The summed E-state index contributed by atoms with van der Waals surface area (Å²) in [6, 6.07) is 0. The maximum atomic E-state index is 2.45. The number of hydrogen-bond acceptors (Lipinski definition) is 0. The second-order valence-electron chi connectivity index (χ2n) is 1.53. The van der Waals surface area contributed by atoms with Gasteiger partial charge in [0.2, 0.25) is 0 Å². The van der Waals surface area contributed by atoms with Crippen molar-refractivity contribution in [3.05, 3.63) is 0 Å². The first-order valence-electron chi connectivity index (χ1n) is 2.55. The molecule has 0 aromatic rings. The third kappa shape index (κ3) is 7.52. The van der Waals surface area contributed by atoms with Crippen molar-refractivity contribution >= 4 is 47.2 Å². The standard InChI is InChI=1S/C4H9BI2/c1-2-3-4-5(6)7/h2-4H2,1H3. The van der Waals surface area contributed by atoms with E-state index in [1.54, 1.807) is 0 Å². The molecule has 42 valence electrons. The molecule has 0 aromatic heterocycles. The van der Waals surface area contributed by atoms with Gasteiger partial charge in [0.05, 0.1) is 0 Å². The van der Waals surface area contributed by atoms with E-state index >= 15 is 0 Å². The molecule has 0 saturated carbocycles. The highest BCUT2D eigenvalue weighted by molar-refractivity contribution is 14.3. The largest absolute Gasteiger partial charge is 0.289 e. The Bertz CT molecular complexity index is 38.7. The van der Waals surface area contributed by atoms with E-state index in [0.717, 1.165) is 2.43 Å². The van der Waals surface area contributed by atoms with Gasteiger partial charge in [0.1, 0.15) is 0 Å². The topological polar surface area (TPSA) is 0 Å². The van der Waals surface area contributed by atoms with Crippen LogP contribution >= 0.6 is 44.7 Å². The van der Waals surface area contributed by atoms with Crippen LogP contribution in [-0.2, 0) is 0 Å². The van der Waals surface area contributed by atoms with Crippen molar-refractivity contribution in [3.8, 4) is 0 Å². The van der Waals surface area contributed by atoms with Gasteiger partial charge in [-0.25, -0.2) is 0 Å². The molecule has 0 nitrogen and oxygen atoms in total. The Balaban J connectivity index is 2.68. The fourth-order valence-corrected chi connectivity index (χ4v) is 1.24. The van der Waals surface area contributed by atoms with Crippen LogP contribution < -0.4 is 0 Å². The molecule has 0 unspecified atom stereocenters. The molecule has 0 aromatic carbocycles. The molecule has 0 fully saturated rings. The van der Waals surface area contributed by atoms with Gasteiger partial charge in [0, 0.05) is 0 Å². The van der Waals surface area contributed by atoms with Crippen molar-refractivity contribution < 1.29 is 0 Å². The van der Waals surface area contributed by atoms with Crippen molar-refractivity contribution in [1.82, 2.24) is 0 Å². The Morgan fingerprint density at radius 2 is 2.00 bits per heavy atom. The number of hydrogen-bond donors (Lipinski definition) is 0. The Hall–Kier alpha value is 1.52. The van der Waals surface area contributed by atoms with Crippen molar-refractivity contribution in [2.24, 2.45) is 0 Å². The second kappa shape index (κ2) is 5.66. The smallest absolute Gasteiger partial charge is 0.134 e. The molecule has 0 amide bonds. The summed E-state index contributed by atoms with van der Waals surface area (Å²) in [5.41, 5.74) is 0. The van der Waals surface area contributed by atoms with Crippen LogP contribution in [0.25, 0.3) is 0 Å². The van der Waals surface area contributed by atoms with Crippen LogP contribution in [0.5, 0.6) is 0 Å². The van der Waals surface area contributed by atoms with Crippen LogP contribution in [0, 0.1) is 0 Å². The van der Waals surface area contributed by atoms with E-state index in [1.165, 1.54) is 19.2 Å². The molecule has 0 spiro atoms. The van der Waals surface area contributed by atoms with Crippen LogP contribution in [0.1, 0.15) is 19.8 Å². The molecule has 3 heteroatoms. The molecule has 0 bridgehead atoms. The highest BCUT2D eigenvalue weighted by atomic mass is 127. The summed E-state index contributed by atoms with van der Waals surface area (Å²) >= 11 is 4.90. The molecule has 0 radical (unpaired) electrons. The summed E-state index contributed by atoms with van der Waals surface area (Å²) in [5.74, 6) is 0. The average Bonchev–Trinajstić information content (AvgIpc) is 1.61. The quantitative estimate of drug-likeness (QED) is 0.553. The van der Waals surface area contributed by atoms with Gasteiger partial charge in [-0.15, -0.1) is 44.7 Å². The predicted molar refractivity (Wildman–Crippen MR) is 53.5 cm³/mol. The Kier molecular flexibility index (Phi) is 6.89. The molecular weight excluding hydrogens is 313 g/mol. The lowest BCUT2D eigenvalue weighted by Crippen LogP contribution is -1.86. The summed E-state index contributed by atoms with van der Waals surface area (Å²) in [4.78, 5) is 0. The van der Waals surface area contributed by atoms with Crippen LogP contribution in [0.3, 0.4) is 0 Å². The summed E-state index contributed by atoms with van der Waals surface area (Å²) in [6.45, 7) is 2.23. The van der Waals surface area contributed by atoms with E-state index in [9.17, 15) is 0 Å². The second-order valence-corrected chi connectivity index (χ2v) is 6.92. The molecule has 0 saturated heterocycles. The van der Waals surface area contributed by atoms with Crippen molar-refractivity contribution in [2.45, 2.75) is 26.1 Å². The fourth-order valence-electron chi connectivity index (χ4n) is 0.358. The zero-order valence-corrected chi connectivity index (χ0v) is 8.77. The molecule has 0 heterocycles. The zero-order chi connectivity index (χ0) is 5.70. The Morgan fingerprint density at radius 3 is 2.14 bits per heavy atom. The maximum absolute atomic E-state index is 2.45. The van der Waals surface area contributed by atoms with Gasteiger partial charge in [0.25, 0.3) is 2.43 Å². The highest BCUT2D eigenvalue weighted by Crippen LogP contribution is 2.12. The van der Waals surface area contributed by atoms with E-state index < -0.39 is 0 Å². The van der Waals surface area contributed by atoms with E-state index in [2.05, 4.69) is 51.7 Å². The van der Waals surface area contributed by atoms with Gasteiger partial charge in [-0.3, -0.25) is 0 Å². The summed E-state index contributed by atoms with van der Waals surface area (Å²) in [5, 5.41) is 0. The third-order valence-corrected chi connectivity index (χ3v) is 2.02. The van der Waals surface area contributed by atoms with Crippen molar-refractivity contribution in [3.63, 3.8) is 0 Å². The lowest BCUT2D eigenvalue weighted by molar-refractivity contribution is 0.883.